The van der Waals surface area contributed by atoms with E-state index < -0.39 is 0 Å². The normalized spacial score (nSPS) is 18.9. The summed E-state index contributed by atoms with van der Waals surface area (Å²) in [6.07, 6.45) is 3.02. The van der Waals surface area contributed by atoms with Gasteiger partial charge in [-0.1, -0.05) is 36.4 Å². The first-order valence-corrected chi connectivity index (χ1v) is 10.7. The highest BCUT2D eigenvalue weighted by Crippen LogP contribution is 2.29. The molecule has 5 nitrogen and oxygen atoms in total. The summed E-state index contributed by atoms with van der Waals surface area (Å²) >= 11 is 0. The lowest BCUT2D eigenvalue weighted by Gasteiger charge is -2.35. The third-order valence-electron chi connectivity index (χ3n) is 6.48. The highest BCUT2D eigenvalue weighted by atomic mass is 16.3. The van der Waals surface area contributed by atoms with Crippen LogP contribution in [0.15, 0.2) is 48.5 Å². The predicted molar refractivity (Wildman–Crippen MR) is 115 cm³/mol. The Balaban J connectivity index is 1.23. The molecule has 29 heavy (non-hydrogen) atoms. The van der Waals surface area contributed by atoms with E-state index in [2.05, 4.69) is 41.4 Å². The van der Waals surface area contributed by atoms with Gasteiger partial charge in [-0.05, 0) is 60.9 Å². The van der Waals surface area contributed by atoms with Crippen molar-refractivity contribution in [3.05, 3.63) is 65.2 Å². The molecule has 2 N–H and O–H groups in total. The summed E-state index contributed by atoms with van der Waals surface area (Å²) in [7, 11) is 0. The molecule has 2 aromatic carbocycles. The maximum Gasteiger partial charge on any atom is 0.317 e. The SMILES string of the molecule is CC(CNC(=O)N1CCC(c2ccc(O)cc2)CC1)N1CCc2ccccc2C1. The Hall–Kier alpha value is -2.53. The molecule has 0 saturated carbocycles. The lowest BCUT2D eigenvalue weighted by Crippen LogP contribution is -2.49. The summed E-state index contributed by atoms with van der Waals surface area (Å²) in [4.78, 5) is 17.0. The number of piperidine rings is 1. The summed E-state index contributed by atoms with van der Waals surface area (Å²) in [6, 6.07) is 16.5. The number of nitrogens with zero attached hydrogens (tertiary/aromatic N) is 2. The summed E-state index contributed by atoms with van der Waals surface area (Å²) < 4.78 is 0. The number of aromatic hydroxyl groups is 1. The molecule has 0 radical (unpaired) electrons. The van der Waals surface area contributed by atoms with Crippen molar-refractivity contribution in [3.63, 3.8) is 0 Å². The third kappa shape index (κ3) is 4.73. The topological polar surface area (TPSA) is 55.8 Å². The number of carbonyl (C=O) groups is 1. The summed E-state index contributed by atoms with van der Waals surface area (Å²) in [5, 5.41) is 12.6. The molecule has 2 aliphatic rings. The van der Waals surface area contributed by atoms with Gasteiger partial charge in [0.25, 0.3) is 0 Å². The van der Waals surface area contributed by atoms with Crippen molar-refractivity contribution in [1.29, 1.82) is 0 Å². The second-order valence-electron chi connectivity index (χ2n) is 8.38. The molecule has 2 aromatic rings. The number of benzene rings is 2. The van der Waals surface area contributed by atoms with Crippen LogP contribution in [0, 0.1) is 0 Å². The lowest BCUT2D eigenvalue weighted by molar-refractivity contribution is 0.164. The molecule has 0 bridgehead atoms. The van der Waals surface area contributed by atoms with Crippen molar-refractivity contribution < 1.29 is 9.90 Å². The molecule has 1 atom stereocenters. The van der Waals surface area contributed by atoms with Gasteiger partial charge in [0.05, 0.1) is 0 Å². The van der Waals surface area contributed by atoms with Gasteiger partial charge in [-0.3, -0.25) is 4.90 Å². The summed E-state index contributed by atoms with van der Waals surface area (Å²) in [5.74, 6) is 0.767. The molecular weight excluding hydrogens is 362 g/mol. The fraction of sp³-hybridized carbons (Fsp3) is 0.458. The molecule has 1 unspecified atom stereocenters. The van der Waals surface area contributed by atoms with Crippen molar-refractivity contribution in [2.75, 3.05) is 26.2 Å². The standard InChI is InChI=1S/C24H31N3O2/c1-18(27-15-12-19-4-2-3-5-22(19)17-27)16-25-24(29)26-13-10-21(11-14-26)20-6-8-23(28)9-7-20/h2-9,18,21,28H,10-17H2,1H3,(H,25,29). The Kier molecular flexibility index (Phi) is 6.05. The van der Waals surface area contributed by atoms with Crippen LogP contribution >= 0.6 is 0 Å². The summed E-state index contributed by atoms with van der Waals surface area (Å²) in [5.41, 5.74) is 4.12. The molecule has 2 heterocycles. The van der Waals surface area contributed by atoms with Gasteiger partial charge in [0, 0.05) is 38.8 Å². The lowest BCUT2D eigenvalue weighted by atomic mass is 9.89. The predicted octanol–water partition coefficient (Wildman–Crippen LogP) is 3.73. The number of phenols is 1. The highest BCUT2D eigenvalue weighted by molar-refractivity contribution is 5.74. The van der Waals surface area contributed by atoms with Gasteiger partial charge < -0.3 is 15.3 Å². The molecular formula is C24H31N3O2. The van der Waals surface area contributed by atoms with E-state index in [-0.39, 0.29) is 6.03 Å². The number of urea groups is 1. The van der Waals surface area contributed by atoms with E-state index in [1.165, 1.54) is 16.7 Å². The highest BCUT2D eigenvalue weighted by Gasteiger charge is 2.25. The molecule has 2 amide bonds. The second-order valence-corrected chi connectivity index (χ2v) is 8.38. The average Bonchev–Trinajstić information content (AvgIpc) is 2.77. The average molecular weight is 394 g/mol. The van der Waals surface area contributed by atoms with E-state index in [0.717, 1.165) is 45.4 Å². The number of phenolic OH excluding ortho intramolecular Hbond substituents is 1. The molecule has 1 saturated heterocycles. The van der Waals surface area contributed by atoms with Gasteiger partial charge in [0.1, 0.15) is 5.75 Å². The van der Waals surface area contributed by atoms with Gasteiger partial charge in [-0.2, -0.15) is 0 Å². The van der Waals surface area contributed by atoms with Gasteiger partial charge in [-0.15, -0.1) is 0 Å². The van der Waals surface area contributed by atoms with Crippen LogP contribution in [0.5, 0.6) is 5.75 Å². The molecule has 1 fully saturated rings. The maximum atomic E-state index is 12.6. The Morgan fingerprint density at radius 2 is 1.76 bits per heavy atom. The number of nitrogens with one attached hydrogen (secondary N) is 1. The van der Waals surface area contributed by atoms with Crippen LogP contribution in [0.1, 0.15) is 42.4 Å². The molecule has 154 valence electrons. The van der Waals surface area contributed by atoms with Crippen LogP contribution in [0.4, 0.5) is 4.79 Å². The molecule has 4 rings (SSSR count). The zero-order valence-corrected chi connectivity index (χ0v) is 17.2. The van der Waals surface area contributed by atoms with Crippen LogP contribution in [0.2, 0.25) is 0 Å². The van der Waals surface area contributed by atoms with E-state index in [0.29, 0.717) is 24.3 Å². The quantitative estimate of drug-likeness (QED) is 0.832. The van der Waals surface area contributed by atoms with Gasteiger partial charge in [0.15, 0.2) is 0 Å². The minimum Gasteiger partial charge on any atom is -0.508 e. The molecule has 2 aliphatic heterocycles. The van der Waals surface area contributed by atoms with Crippen molar-refractivity contribution in [3.8, 4) is 5.75 Å². The fourth-order valence-electron chi connectivity index (χ4n) is 4.53. The van der Waals surface area contributed by atoms with Crippen LogP contribution < -0.4 is 5.32 Å². The number of likely N-dealkylation sites (tertiary alicyclic amines) is 1. The Bertz CT molecular complexity index is 828. The van der Waals surface area contributed by atoms with Gasteiger partial charge >= 0.3 is 6.03 Å². The minimum absolute atomic E-state index is 0.0541. The van der Waals surface area contributed by atoms with Crippen molar-refractivity contribution in [2.24, 2.45) is 0 Å². The van der Waals surface area contributed by atoms with E-state index in [1.54, 1.807) is 12.1 Å². The van der Waals surface area contributed by atoms with Crippen molar-refractivity contribution in [1.82, 2.24) is 15.1 Å². The first-order valence-electron chi connectivity index (χ1n) is 10.7. The number of amides is 2. The van der Waals surface area contributed by atoms with E-state index in [9.17, 15) is 9.90 Å². The van der Waals surface area contributed by atoms with Crippen LogP contribution in [0.25, 0.3) is 0 Å². The Morgan fingerprint density at radius 3 is 2.48 bits per heavy atom. The van der Waals surface area contributed by atoms with Gasteiger partial charge in [0.2, 0.25) is 0 Å². The molecule has 0 aliphatic carbocycles. The Morgan fingerprint density at radius 1 is 1.07 bits per heavy atom. The van der Waals surface area contributed by atoms with Crippen molar-refractivity contribution in [2.45, 2.75) is 44.7 Å². The largest absolute Gasteiger partial charge is 0.508 e. The number of fused-ring (bicyclic) bond motifs is 1. The van der Waals surface area contributed by atoms with Gasteiger partial charge in [-0.25, -0.2) is 4.79 Å². The van der Waals surface area contributed by atoms with Crippen LogP contribution in [-0.4, -0.2) is 53.2 Å². The Labute approximate surface area is 173 Å². The molecule has 0 spiro atoms. The number of rotatable bonds is 4. The summed E-state index contributed by atoms with van der Waals surface area (Å²) in [6.45, 7) is 6.45. The third-order valence-corrected chi connectivity index (χ3v) is 6.48. The molecule has 5 heteroatoms. The smallest absolute Gasteiger partial charge is 0.317 e. The van der Waals surface area contributed by atoms with Crippen LogP contribution in [0.3, 0.4) is 0 Å². The van der Waals surface area contributed by atoms with Crippen LogP contribution in [-0.2, 0) is 13.0 Å². The van der Waals surface area contributed by atoms with Crippen molar-refractivity contribution >= 4 is 6.03 Å². The van der Waals surface area contributed by atoms with E-state index >= 15 is 0 Å². The van der Waals surface area contributed by atoms with E-state index in [4.69, 9.17) is 0 Å². The monoisotopic (exact) mass is 393 g/mol. The zero-order chi connectivity index (χ0) is 20.2. The minimum atomic E-state index is 0.0541. The first-order chi connectivity index (χ1) is 14.1. The number of carbonyl (C=O) groups excluding carboxylic acids is 1. The number of hydrogen-bond donors (Lipinski definition) is 2. The second kappa shape index (κ2) is 8.87. The first kappa shape index (κ1) is 19.8. The fourth-order valence-corrected chi connectivity index (χ4v) is 4.53. The zero-order valence-electron chi connectivity index (χ0n) is 17.2. The maximum absolute atomic E-state index is 12.6. The molecule has 0 aromatic heterocycles. The number of hydrogen-bond acceptors (Lipinski definition) is 3. The van der Waals surface area contributed by atoms with E-state index in [1.807, 2.05) is 17.0 Å².